The van der Waals surface area contributed by atoms with Crippen molar-refractivity contribution >= 4 is 39.0 Å². The fourth-order valence-corrected chi connectivity index (χ4v) is 5.38. The first kappa shape index (κ1) is 18.4. The third-order valence-electron chi connectivity index (χ3n) is 5.80. The molecular formula is C24H21N3O3S. The van der Waals surface area contributed by atoms with Crippen LogP contribution in [0.3, 0.4) is 0 Å². The monoisotopic (exact) mass is 431 g/mol. The van der Waals surface area contributed by atoms with E-state index in [0.29, 0.717) is 18.0 Å². The number of fused-ring (bicyclic) bond motifs is 3. The summed E-state index contributed by atoms with van der Waals surface area (Å²) in [5.74, 6) is 0.780. The molecule has 0 radical (unpaired) electrons. The Kier molecular flexibility index (Phi) is 3.92. The molecule has 156 valence electrons. The first-order valence-corrected chi connectivity index (χ1v) is 11.1. The molecule has 0 atom stereocenters. The molecule has 0 spiro atoms. The van der Waals surface area contributed by atoms with Crippen molar-refractivity contribution in [3.63, 3.8) is 0 Å². The van der Waals surface area contributed by atoms with E-state index < -0.39 is 0 Å². The zero-order valence-electron chi connectivity index (χ0n) is 17.3. The van der Waals surface area contributed by atoms with Crippen molar-refractivity contribution in [3.05, 3.63) is 59.3 Å². The van der Waals surface area contributed by atoms with Gasteiger partial charge in [-0.05, 0) is 37.6 Å². The van der Waals surface area contributed by atoms with Gasteiger partial charge in [0, 0.05) is 22.9 Å². The second kappa shape index (κ2) is 6.59. The molecule has 4 aromatic rings. The van der Waals surface area contributed by atoms with E-state index in [1.807, 2.05) is 38.1 Å². The number of ether oxygens (including phenoxy) is 1. The molecule has 1 amide bonds. The number of thiazole rings is 1. The number of hydrogen-bond acceptors (Lipinski definition) is 6. The van der Waals surface area contributed by atoms with Gasteiger partial charge in [-0.1, -0.05) is 35.6 Å². The average Bonchev–Trinajstić information content (AvgIpc) is 3.36. The summed E-state index contributed by atoms with van der Waals surface area (Å²) in [5.41, 5.74) is 4.51. The van der Waals surface area contributed by atoms with Gasteiger partial charge in [-0.25, -0.2) is 4.98 Å². The number of aromatic nitrogens is 1. The zero-order valence-corrected chi connectivity index (χ0v) is 18.1. The lowest BCUT2D eigenvalue weighted by atomic mass is 9.94. The third-order valence-corrected chi connectivity index (χ3v) is 6.92. The van der Waals surface area contributed by atoms with Crippen molar-refractivity contribution in [1.29, 1.82) is 0 Å². The quantitative estimate of drug-likeness (QED) is 0.475. The van der Waals surface area contributed by atoms with Crippen LogP contribution in [0.1, 0.15) is 29.2 Å². The summed E-state index contributed by atoms with van der Waals surface area (Å²) in [7, 11) is 0. The number of amides is 1. The maximum absolute atomic E-state index is 12.6. The Morgan fingerprint density at radius 2 is 2.06 bits per heavy atom. The van der Waals surface area contributed by atoms with E-state index in [-0.39, 0.29) is 11.4 Å². The average molecular weight is 432 g/mol. The molecule has 6 nitrogen and oxygen atoms in total. The molecular weight excluding hydrogens is 410 g/mol. The SMILES string of the molecule is CC1(C)Cc2nc(N3CCOc4ccc(-c5coc6ccccc56)cc43)sc2C(=O)N1. The van der Waals surface area contributed by atoms with E-state index in [9.17, 15) is 4.79 Å². The molecule has 2 aliphatic heterocycles. The van der Waals surface area contributed by atoms with Crippen LogP contribution in [-0.2, 0) is 6.42 Å². The first-order valence-electron chi connectivity index (χ1n) is 10.3. The number of benzene rings is 2. The molecule has 2 aromatic carbocycles. The van der Waals surface area contributed by atoms with Crippen molar-refractivity contribution in [2.24, 2.45) is 0 Å². The molecule has 0 fully saturated rings. The molecule has 0 bridgehead atoms. The van der Waals surface area contributed by atoms with Gasteiger partial charge in [-0.3, -0.25) is 4.79 Å². The van der Waals surface area contributed by atoms with Gasteiger partial charge in [-0.15, -0.1) is 0 Å². The Morgan fingerprint density at radius 1 is 1.19 bits per heavy atom. The normalized spacial score (nSPS) is 17.1. The van der Waals surface area contributed by atoms with E-state index in [2.05, 4.69) is 28.4 Å². The van der Waals surface area contributed by atoms with E-state index in [1.165, 1.54) is 11.3 Å². The highest BCUT2D eigenvalue weighted by molar-refractivity contribution is 7.17. The molecule has 2 aliphatic rings. The first-order chi connectivity index (χ1) is 15.0. The van der Waals surface area contributed by atoms with Crippen molar-refractivity contribution < 1.29 is 13.9 Å². The van der Waals surface area contributed by atoms with E-state index in [4.69, 9.17) is 14.1 Å². The predicted octanol–water partition coefficient (Wildman–Crippen LogP) is 5.15. The lowest BCUT2D eigenvalue weighted by molar-refractivity contribution is 0.0901. The summed E-state index contributed by atoms with van der Waals surface area (Å²) in [6.07, 6.45) is 2.53. The van der Waals surface area contributed by atoms with Crippen molar-refractivity contribution in [2.45, 2.75) is 25.8 Å². The molecule has 6 rings (SSSR count). The van der Waals surface area contributed by atoms with Crippen molar-refractivity contribution in [3.8, 4) is 16.9 Å². The van der Waals surface area contributed by atoms with E-state index in [1.54, 1.807) is 6.26 Å². The highest BCUT2D eigenvalue weighted by atomic mass is 32.1. The molecule has 31 heavy (non-hydrogen) atoms. The Balaban J connectivity index is 1.44. The minimum absolute atomic E-state index is 0.0397. The molecule has 7 heteroatoms. The lowest BCUT2D eigenvalue weighted by Crippen LogP contribution is -2.48. The molecule has 0 unspecified atom stereocenters. The number of anilines is 2. The van der Waals surface area contributed by atoms with Crippen molar-refractivity contribution in [1.82, 2.24) is 10.3 Å². The van der Waals surface area contributed by atoms with Crippen LogP contribution in [0, 0.1) is 0 Å². The molecule has 0 saturated carbocycles. The van der Waals surface area contributed by atoms with Crippen LogP contribution in [0.5, 0.6) is 5.75 Å². The Labute approximate surface area is 183 Å². The van der Waals surface area contributed by atoms with Crippen LogP contribution in [0.4, 0.5) is 10.8 Å². The number of nitrogens with zero attached hydrogens (tertiary/aromatic N) is 2. The van der Waals surface area contributed by atoms with Gasteiger partial charge in [0.1, 0.15) is 22.8 Å². The smallest absolute Gasteiger partial charge is 0.263 e. The Hall–Kier alpha value is -3.32. The largest absolute Gasteiger partial charge is 0.490 e. The second-order valence-electron chi connectivity index (χ2n) is 8.62. The summed E-state index contributed by atoms with van der Waals surface area (Å²) in [6, 6.07) is 14.2. The van der Waals surface area contributed by atoms with Crippen molar-refractivity contribution in [2.75, 3.05) is 18.1 Å². The van der Waals surface area contributed by atoms with Gasteiger partial charge in [0.05, 0.1) is 24.2 Å². The fourth-order valence-electron chi connectivity index (χ4n) is 4.36. The molecule has 0 aliphatic carbocycles. The zero-order chi connectivity index (χ0) is 21.2. The molecule has 1 N–H and O–H groups in total. The van der Waals surface area contributed by atoms with Crippen LogP contribution in [0.15, 0.2) is 53.1 Å². The third kappa shape index (κ3) is 2.99. The molecule has 2 aromatic heterocycles. The standard InChI is InChI=1S/C24H21N3O3S/c1-24(2)12-17-21(22(28)26-24)31-23(25-17)27-9-10-29-20-8-7-14(11-18(20)27)16-13-30-19-6-4-3-5-15(16)19/h3-8,11,13H,9-10,12H2,1-2H3,(H,26,28). The van der Waals surface area contributed by atoms with Gasteiger partial charge >= 0.3 is 0 Å². The van der Waals surface area contributed by atoms with Crippen LogP contribution in [-0.4, -0.2) is 29.6 Å². The second-order valence-corrected chi connectivity index (χ2v) is 9.59. The van der Waals surface area contributed by atoms with Gasteiger partial charge in [0.25, 0.3) is 5.91 Å². The highest BCUT2D eigenvalue weighted by Gasteiger charge is 2.34. The summed E-state index contributed by atoms with van der Waals surface area (Å²) in [6.45, 7) is 5.31. The minimum Gasteiger partial charge on any atom is -0.490 e. The molecule has 4 heterocycles. The number of carbonyl (C=O) groups is 1. The maximum Gasteiger partial charge on any atom is 0.263 e. The van der Waals surface area contributed by atoms with E-state index in [0.717, 1.165) is 50.8 Å². The molecule has 0 saturated heterocycles. The number of carbonyl (C=O) groups excluding carboxylic acids is 1. The Morgan fingerprint density at radius 3 is 2.97 bits per heavy atom. The number of rotatable bonds is 2. The van der Waals surface area contributed by atoms with E-state index >= 15 is 0 Å². The predicted molar refractivity (Wildman–Crippen MR) is 122 cm³/mol. The summed E-state index contributed by atoms with van der Waals surface area (Å²) in [5, 5.41) is 4.98. The Bertz CT molecular complexity index is 1340. The van der Waals surface area contributed by atoms with Gasteiger partial charge in [0.15, 0.2) is 5.13 Å². The number of furan rings is 1. The van der Waals surface area contributed by atoms with Crippen LogP contribution in [0.25, 0.3) is 22.1 Å². The van der Waals surface area contributed by atoms with Gasteiger partial charge in [0.2, 0.25) is 0 Å². The fraction of sp³-hybridized carbons (Fsp3) is 0.250. The maximum atomic E-state index is 12.6. The van der Waals surface area contributed by atoms with Crippen LogP contribution in [0.2, 0.25) is 0 Å². The van der Waals surface area contributed by atoms with Gasteiger partial charge in [-0.2, -0.15) is 0 Å². The number of nitrogens with one attached hydrogen (secondary N) is 1. The number of hydrogen-bond donors (Lipinski definition) is 1. The highest BCUT2D eigenvalue weighted by Crippen LogP contribution is 2.43. The van der Waals surface area contributed by atoms with Crippen LogP contribution < -0.4 is 15.0 Å². The van der Waals surface area contributed by atoms with Crippen LogP contribution >= 0.6 is 11.3 Å². The number of para-hydroxylation sites is 1. The summed E-state index contributed by atoms with van der Waals surface area (Å²) < 4.78 is 11.7. The topological polar surface area (TPSA) is 67.6 Å². The minimum atomic E-state index is -0.284. The lowest BCUT2D eigenvalue weighted by Gasteiger charge is -2.29. The van der Waals surface area contributed by atoms with Gasteiger partial charge < -0.3 is 19.4 Å². The summed E-state index contributed by atoms with van der Waals surface area (Å²) in [4.78, 5) is 20.3. The summed E-state index contributed by atoms with van der Waals surface area (Å²) >= 11 is 1.45.